The molecule has 2 N–H and O–H groups in total. The van der Waals surface area contributed by atoms with Gasteiger partial charge >= 0.3 is 0 Å². The van der Waals surface area contributed by atoms with Gasteiger partial charge in [-0.3, -0.25) is 4.79 Å². The smallest absolute Gasteiger partial charge is 0.277 e. The van der Waals surface area contributed by atoms with Crippen molar-refractivity contribution in [2.24, 2.45) is 5.10 Å². The Morgan fingerprint density at radius 1 is 0.966 bits per heavy atom. The summed E-state index contributed by atoms with van der Waals surface area (Å²) >= 11 is 0. The molecule has 1 amide bonds. The molecule has 0 aliphatic carbocycles. The first kappa shape index (κ1) is 22.3. The quantitative estimate of drug-likeness (QED) is 0.292. The van der Waals surface area contributed by atoms with Crippen molar-refractivity contribution >= 4 is 12.1 Å². The molecule has 0 bridgehead atoms. The van der Waals surface area contributed by atoms with Crippen molar-refractivity contribution in [2.45, 2.75) is 45.4 Å². The number of hydrogen-bond acceptors (Lipinski definition) is 5. The van der Waals surface area contributed by atoms with Gasteiger partial charge < -0.3 is 14.6 Å². The maximum atomic E-state index is 11.8. The second-order valence-electron chi connectivity index (χ2n) is 6.73. The highest BCUT2D eigenvalue weighted by molar-refractivity contribution is 5.85. The minimum Gasteiger partial charge on any atom is -0.507 e. The number of nitrogens with zero attached hydrogens (tertiary/aromatic N) is 1. The minimum absolute atomic E-state index is 0.0977. The van der Waals surface area contributed by atoms with Gasteiger partial charge in [-0.1, -0.05) is 51.2 Å². The molecule has 0 saturated heterocycles. The lowest BCUT2D eigenvalue weighted by molar-refractivity contribution is -0.123. The lowest BCUT2D eigenvalue weighted by Gasteiger charge is -2.08. The van der Waals surface area contributed by atoms with Crippen LogP contribution in [0.25, 0.3) is 0 Å². The number of benzene rings is 2. The lowest BCUT2D eigenvalue weighted by atomic mass is 10.1. The highest BCUT2D eigenvalue weighted by Crippen LogP contribution is 2.18. The van der Waals surface area contributed by atoms with E-state index in [-0.39, 0.29) is 18.3 Å². The fourth-order valence-electron chi connectivity index (χ4n) is 2.66. The number of para-hydroxylation sites is 1. The number of phenolic OH excluding ortho intramolecular Hbond substituents is 1. The van der Waals surface area contributed by atoms with Crippen LogP contribution in [0, 0.1) is 0 Å². The van der Waals surface area contributed by atoms with E-state index in [9.17, 15) is 9.90 Å². The first-order chi connectivity index (χ1) is 14.2. The summed E-state index contributed by atoms with van der Waals surface area (Å²) in [6.45, 7) is 2.77. The molecule has 0 aromatic heterocycles. The molecule has 156 valence electrons. The third-order valence-corrected chi connectivity index (χ3v) is 4.29. The van der Waals surface area contributed by atoms with Crippen LogP contribution >= 0.6 is 0 Å². The summed E-state index contributed by atoms with van der Waals surface area (Å²) in [6.07, 6.45) is 8.77. The molecule has 2 rings (SSSR count). The summed E-state index contributed by atoms with van der Waals surface area (Å²) in [5.74, 6) is 1.08. The molecule has 0 spiro atoms. The van der Waals surface area contributed by atoms with Crippen LogP contribution in [0.3, 0.4) is 0 Å². The molecule has 2 aromatic rings. The Bertz CT molecular complexity index is 760. The van der Waals surface area contributed by atoms with E-state index in [0.29, 0.717) is 17.9 Å². The number of hydrogen-bond donors (Lipinski definition) is 2. The highest BCUT2D eigenvalue weighted by Gasteiger charge is 2.03. The van der Waals surface area contributed by atoms with Crippen molar-refractivity contribution in [3.8, 4) is 17.2 Å². The van der Waals surface area contributed by atoms with Gasteiger partial charge in [0.1, 0.15) is 17.2 Å². The Labute approximate surface area is 172 Å². The van der Waals surface area contributed by atoms with Crippen LogP contribution in [0.1, 0.15) is 51.0 Å². The summed E-state index contributed by atoms with van der Waals surface area (Å²) in [6, 6.07) is 13.9. The molecule has 0 radical (unpaired) electrons. The number of phenols is 1. The van der Waals surface area contributed by atoms with Gasteiger partial charge in [-0.05, 0) is 42.8 Å². The summed E-state index contributed by atoms with van der Waals surface area (Å²) in [7, 11) is 0. The van der Waals surface area contributed by atoms with E-state index in [0.717, 1.165) is 12.2 Å². The Morgan fingerprint density at radius 3 is 2.34 bits per heavy atom. The van der Waals surface area contributed by atoms with Crippen LogP contribution in [0.5, 0.6) is 17.2 Å². The number of hydrazone groups is 1. The number of carbonyl (C=O) groups excluding carboxylic acids is 1. The molecule has 0 saturated carbocycles. The third-order valence-electron chi connectivity index (χ3n) is 4.29. The predicted octanol–water partition coefficient (Wildman–Crippen LogP) is 4.66. The summed E-state index contributed by atoms with van der Waals surface area (Å²) < 4.78 is 11.2. The van der Waals surface area contributed by atoms with Crippen LogP contribution in [0.2, 0.25) is 0 Å². The molecule has 0 atom stereocenters. The minimum atomic E-state index is -0.389. The van der Waals surface area contributed by atoms with Gasteiger partial charge in [-0.2, -0.15) is 5.10 Å². The molecule has 6 nitrogen and oxygen atoms in total. The van der Waals surface area contributed by atoms with E-state index in [1.54, 1.807) is 36.4 Å². The zero-order chi connectivity index (χ0) is 20.7. The lowest BCUT2D eigenvalue weighted by Crippen LogP contribution is -2.24. The van der Waals surface area contributed by atoms with Gasteiger partial charge in [0.05, 0.1) is 12.8 Å². The number of nitrogens with one attached hydrogen (secondary N) is 1. The number of amides is 1. The second-order valence-corrected chi connectivity index (χ2v) is 6.73. The SMILES string of the molecule is CCCCCCCCOc1ccc(OCC(=O)NN=Cc2ccccc2O)cc1. The Morgan fingerprint density at radius 2 is 1.62 bits per heavy atom. The van der Waals surface area contributed by atoms with Crippen molar-refractivity contribution < 1.29 is 19.4 Å². The van der Waals surface area contributed by atoms with Gasteiger partial charge in [0, 0.05) is 5.56 Å². The zero-order valence-corrected chi connectivity index (χ0v) is 17.0. The normalized spacial score (nSPS) is 10.8. The molecule has 0 aliphatic heterocycles. The predicted molar refractivity (Wildman–Crippen MR) is 115 cm³/mol. The van der Waals surface area contributed by atoms with E-state index >= 15 is 0 Å². The molecule has 29 heavy (non-hydrogen) atoms. The Balaban J connectivity index is 1.62. The maximum Gasteiger partial charge on any atom is 0.277 e. The van der Waals surface area contributed by atoms with Crippen molar-refractivity contribution in [1.29, 1.82) is 0 Å². The molecular formula is C23H30N2O4. The standard InChI is InChI=1S/C23H30N2O4/c1-2-3-4-5-6-9-16-28-20-12-14-21(15-13-20)29-18-23(27)25-24-17-19-10-7-8-11-22(19)26/h7-8,10-15,17,26H,2-6,9,16,18H2,1H3,(H,25,27). The molecule has 2 aromatic carbocycles. The molecule has 6 heteroatoms. The topological polar surface area (TPSA) is 80.2 Å². The van der Waals surface area contributed by atoms with E-state index in [1.165, 1.54) is 38.3 Å². The number of unbranched alkanes of at least 4 members (excludes halogenated alkanes) is 5. The van der Waals surface area contributed by atoms with Gasteiger partial charge in [-0.25, -0.2) is 5.43 Å². The second kappa shape index (κ2) is 13.2. The van der Waals surface area contributed by atoms with Crippen molar-refractivity contribution in [3.63, 3.8) is 0 Å². The average Bonchev–Trinajstić information content (AvgIpc) is 2.74. The summed E-state index contributed by atoms with van der Waals surface area (Å²) in [5, 5.41) is 13.4. The first-order valence-electron chi connectivity index (χ1n) is 10.1. The van der Waals surface area contributed by atoms with Gasteiger partial charge in [0.2, 0.25) is 0 Å². The van der Waals surface area contributed by atoms with Gasteiger partial charge in [0.25, 0.3) is 5.91 Å². The number of rotatable bonds is 13. The Kier molecular flexibility index (Phi) is 10.1. The van der Waals surface area contributed by atoms with Crippen LogP contribution in [-0.2, 0) is 4.79 Å². The molecule has 0 heterocycles. The first-order valence-corrected chi connectivity index (χ1v) is 10.1. The van der Waals surface area contributed by atoms with Crippen LogP contribution < -0.4 is 14.9 Å². The number of carbonyl (C=O) groups is 1. The van der Waals surface area contributed by atoms with E-state index < -0.39 is 0 Å². The zero-order valence-electron chi connectivity index (χ0n) is 17.0. The van der Waals surface area contributed by atoms with Crippen LogP contribution in [-0.4, -0.2) is 30.4 Å². The fourth-order valence-corrected chi connectivity index (χ4v) is 2.66. The van der Waals surface area contributed by atoms with Gasteiger partial charge in [-0.15, -0.1) is 0 Å². The van der Waals surface area contributed by atoms with Crippen molar-refractivity contribution in [3.05, 3.63) is 54.1 Å². The summed E-state index contributed by atoms with van der Waals surface area (Å²) in [4.78, 5) is 11.8. The maximum absolute atomic E-state index is 11.8. The molecule has 0 fully saturated rings. The third kappa shape index (κ3) is 9.14. The van der Waals surface area contributed by atoms with E-state index in [1.807, 2.05) is 12.1 Å². The largest absolute Gasteiger partial charge is 0.507 e. The fraction of sp³-hybridized carbons (Fsp3) is 0.391. The molecular weight excluding hydrogens is 368 g/mol. The van der Waals surface area contributed by atoms with E-state index in [2.05, 4.69) is 17.5 Å². The summed E-state index contributed by atoms with van der Waals surface area (Å²) in [5.41, 5.74) is 2.88. The average molecular weight is 399 g/mol. The van der Waals surface area contributed by atoms with E-state index in [4.69, 9.17) is 9.47 Å². The van der Waals surface area contributed by atoms with Crippen LogP contribution in [0.4, 0.5) is 0 Å². The van der Waals surface area contributed by atoms with Gasteiger partial charge in [0.15, 0.2) is 6.61 Å². The number of aromatic hydroxyl groups is 1. The molecule has 0 unspecified atom stereocenters. The Hall–Kier alpha value is -3.02. The van der Waals surface area contributed by atoms with Crippen molar-refractivity contribution in [2.75, 3.05) is 13.2 Å². The van der Waals surface area contributed by atoms with Crippen molar-refractivity contribution in [1.82, 2.24) is 5.43 Å². The molecule has 0 aliphatic rings. The van der Waals surface area contributed by atoms with Crippen LogP contribution in [0.15, 0.2) is 53.6 Å². The monoisotopic (exact) mass is 398 g/mol. The highest BCUT2D eigenvalue weighted by atomic mass is 16.5. The number of ether oxygens (including phenoxy) is 2.